The van der Waals surface area contributed by atoms with E-state index in [9.17, 15) is 0 Å². The number of aromatic nitrogens is 4. The lowest BCUT2D eigenvalue weighted by molar-refractivity contribution is 0.195. The maximum atomic E-state index is 5.05. The molecule has 0 spiro atoms. The molecule has 1 N–H and O–H groups in total. The molecule has 108 valence electrons. The fraction of sp³-hybridized carbons (Fsp3) is 0.923. The Balaban J connectivity index is 1.96. The van der Waals surface area contributed by atoms with Gasteiger partial charge in [0.15, 0.2) is 5.82 Å². The predicted molar refractivity (Wildman–Crippen MR) is 72.8 cm³/mol. The van der Waals surface area contributed by atoms with Gasteiger partial charge < -0.3 is 10.1 Å². The Hall–Kier alpha value is -1.01. The van der Waals surface area contributed by atoms with Crippen molar-refractivity contribution in [3.8, 4) is 0 Å². The second-order valence-electron chi connectivity index (χ2n) is 5.56. The number of tetrazole rings is 1. The first-order valence-electron chi connectivity index (χ1n) is 7.22. The molecule has 1 aromatic rings. The molecule has 0 aliphatic heterocycles. The van der Waals surface area contributed by atoms with Crippen LogP contribution >= 0.6 is 0 Å². The highest BCUT2D eigenvalue weighted by molar-refractivity contribution is 4.93. The van der Waals surface area contributed by atoms with Gasteiger partial charge in [0.2, 0.25) is 0 Å². The highest BCUT2D eigenvalue weighted by Gasteiger charge is 2.24. The molecular formula is C13H25N5O. The van der Waals surface area contributed by atoms with Crippen molar-refractivity contribution in [1.29, 1.82) is 0 Å². The molecule has 1 fully saturated rings. The highest BCUT2D eigenvalue weighted by atomic mass is 16.5. The standard InChI is InChI=1S/C13H25N5O/c1-10-4-6-12(7-5-10)18-13(15-16-17-18)11(2)14-8-9-19-3/h10-12,14H,4-9H2,1-3H3. The molecule has 1 heterocycles. The summed E-state index contributed by atoms with van der Waals surface area (Å²) >= 11 is 0. The fourth-order valence-electron chi connectivity index (χ4n) is 2.70. The van der Waals surface area contributed by atoms with Gasteiger partial charge in [-0.25, -0.2) is 4.68 Å². The maximum absolute atomic E-state index is 5.05. The Morgan fingerprint density at radius 1 is 1.37 bits per heavy atom. The minimum absolute atomic E-state index is 0.157. The number of rotatable bonds is 6. The van der Waals surface area contributed by atoms with Gasteiger partial charge in [-0.05, 0) is 49.0 Å². The van der Waals surface area contributed by atoms with Gasteiger partial charge >= 0.3 is 0 Å². The van der Waals surface area contributed by atoms with Crippen molar-refractivity contribution >= 4 is 0 Å². The van der Waals surface area contributed by atoms with Crippen LogP contribution in [0.1, 0.15) is 57.4 Å². The third-order valence-corrected chi connectivity index (χ3v) is 3.99. The number of hydrogen-bond acceptors (Lipinski definition) is 5. The van der Waals surface area contributed by atoms with Crippen LogP contribution in [0.5, 0.6) is 0 Å². The smallest absolute Gasteiger partial charge is 0.168 e. The van der Waals surface area contributed by atoms with Gasteiger partial charge in [-0.15, -0.1) is 5.10 Å². The average molecular weight is 267 g/mol. The molecule has 6 heteroatoms. The van der Waals surface area contributed by atoms with E-state index in [0.29, 0.717) is 12.6 Å². The van der Waals surface area contributed by atoms with Crippen LogP contribution in [0, 0.1) is 5.92 Å². The van der Waals surface area contributed by atoms with E-state index in [4.69, 9.17) is 4.74 Å². The second kappa shape index (κ2) is 6.96. The van der Waals surface area contributed by atoms with Crippen LogP contribution in [0.3, 0.4) is 0 Å². The number of methoxy groups -OCH3 is 1. The minimum atomic E-state index is 0.157. The molecule has 0 bridgehead atoms. The van der Waals surface area contributed by atoms with Gasteiger partial charge in [0.05, 0.1) is 18.7 Å². The predicted octanol–water partition coefficient (Wildman–Crippen LogP) is 1.72. The topological polar surface area (TPSA) is 64.9 Å². The Labute approximate surface area is 114 Å². The van der Waals surface area contributed by atoms with E-state index in [1.54, 1.807) is 7.11 Å². The van der Waals surface area contributed by atoms with Gasteiger partial charge in [-0.2, -0.15) is 0 Å². The van der Waals surface area contributed by atoms with E-state index in [1.165, 1.54) is 25.7 Å². The van der Waals surface area contributed by atoms with Gasteiger partial charge in [0.25, 0.3) is 0 Å². The molecule has 19 heavy (non-hydrogen) atoms. The van der Waals surface area contributed by atoms with Gasteiger partial charge in [0.1, 0.15) is 0 Å². The molecule has 1 atom stereocenters. The largest absolute Gasteiger partial charge is 0.383 e. The lowest BCUT2D eigenvalue weighted by Gasteiger charge is -2.27. The first-order valence-corrected chi connectivity index (χ1v) is 7.22. The lowest BCUT2D eigenvalue weighted by atomic mass is 9.87. The van der Waals surface area contributed by atoms with Crippen LogP contribution in [0.15, 0.2) is 0 Å². The van der Waals surface area contributed by atoms with Crippen LogP contribution in [0.4, 0.5) is 0 Å². The Morgan fingerprint density at radius 2 is 2.11 bits per heavy atom. The van der Waals surface area contributed by atoms with Crippen molar-refractivity contribution in [3.63, 3.8) is 0 Å². The summed E-state index contributed by atoms with van der Waals surface area (Å²) < 4.78 is 7.07. The minimum Gasteiger partial charge on any atom is -0.383 e. The zero-order valence-electron chi connectivity index (χ0n) is 12.2. The number of hydrogen-bond donors (Lipinski definition) is 1. The first-order chi connectivity index (χ1) is 9.22. The Kier molecular flexibility index (Phi) is 5.27. The summed E-state index contributed by atoms with van der Waals surface area (Å²) in [6.07, 6.45) is 4.92. The van der Waals surface area contributed by atoms with Crippen LogP contribution in [-0.2, 0) is 4.74 Å². The SMILES string of the molecule is COCCNC(C)c1nnnn1C1CCC(C)CC1. The molecule has 0 aromatic carbocycles. The maximum Gasteiger partial charge on any atom is 0.168 e. The summed E-state index contributed by atoms with van der Waals surface area (Å²) in [7, 11) is 1.71. The van der Waals surface area contributed by atoms with Crippen LogP contribution in [-0.4, -0.2) is 40.5 Å². The molecule has 1 saturated carbocycles. The van der Waals surface area contributed by atoms with E-state index in [-0.39, 0.29) is 6.04 Å². The third kappa shape index (κ3) is 3.73. The summed E-state index contributed by atoms with van der Waals surface area (Å²) in [5, 5.41) is 15.6. The molecule has 0 saturated heterocycles. The van der Waals surface area contributed by atoms with Crippen molar-refractivity contribution in [1.82, 2.24) is 25.5 Å². The summed E-state index contributed by atoms with van der Waals surface area (Å²) in [5.74, 6) is 1.78. The average Bonchev–Trinajstić information content (AvgIpc) is 2.89. The highest BCUT2D eigenvalue weighted by Crippen LogP contribution is 2.32. The van der Waals surface area contributed by atoms with Crippen molar-refractivity contribution in [2.75, 3.05) is 20.3 Å². The quantitative estimate of drug-likeness (QED) is 0.795. The molecule has 6 nitrogen and oxygen atoms in total. The summed E-state index contributed by atoms with van der Waals surface area (Å²) in [6.45, 7) is 5.94. The van der Waals surface area contributed by atoms with Crippen LogP contribution < -0.4 is 5.32 Å². The summed E-state index contributed by atoms with van der Waals surface area (Å²) in [5.41, 5.74) is 0. The van der Waals surface area contributed by atoms with E-state index in [2.05, 4.69) is 34.7 Å². The monoisotopic (exact) mass is 267 g/mol. The van der Waals surface area contributed by atoms with Gasteiger partial charge in [-0.3, -0.25) is 0 Å². The van der Waals surface area contributed by atoms with E-state index >= 15 is 0 Å². The van der Waals surface area contributed by atoms with Crippen LogP contribution in [0.25, 0.3) is 0 Å². The van der Waals surface area contributed by atoms with Crippen molar-refractivity contribution in [3.05, 3.63) is 5.82 Å². The zero-order valence-corrected chi connectivity index (χ0v) is 12.2. The Morgan fingerprint density at radius 3 is 2.79 bits per heavy atom. The number of nitrogens with zero attached hydrogens (tertiary/aromatic N) is 4. The molecule has 1 aromatic heterocycles. The first kappa shape index (κ1) is 14.4. The van der Waals surface area contributed by atoms with Gasteiger partial charge in [0, 0.05) is 13.7 Å². The van der Waals surface area contributed by atoms with Crippen molar-refractivity contribution in [2.45, 2.75) is 51.6 Å². The molecule has 0 radical (unpaired) electrons. The molecule has 2 rings (SSSR count). The fourth-order valence-corrected chi connectivity index (χ4v) is 2.70. The summed E-state index contributed by atoms with van der Waals surface area (Å²) in [4.78, 5) is 0. The normalized spacial score (nSPS) is 25.4. The Bertz CT molecular complexity index is 373. The van der Waals surface area contributed by atoms with Crippen LogP contribution in [0.2, 0.25) is 0 Å². The van der Waals surface area contributed by atoms with Crippen molar-refractivity contribution < 1.29 is 4.74 Å². The lowest BCUT2D eigenvalue weighted by Crippen LogP contribution is -2.28. The summed E-state index contributed by atoms with van der Waals surface area (Å²) in [6, 6.07) is 0.623. The van der Waals surface area contributed by atoms with Gasteiger partial charge in [-0.1, -0.05) is 6.92 Å². The molecule has 0 amide bonds. The molecular weight excluding hydrogens is 242 g/mol. The van der Waals surface area contributed by atoms with Crippen molar-refractivity contribution in [2.24, 2.45) is 5.92 Å². The molecule has 1 aliphatic carbocycles. The van der Waals surface area contributed by atoms with E-state index in [1.807, 2.05) is 4.68 Å². The number of ether oxygens (including phenoxy) is 1. The molecule has 1 unspecified atom stereocenters. The van der Waals surface area contributed by atoms with E-state index in [0.717, 1.165) is 18.3 Å². The van der Waals surface area contributed by atoms with E-state index < -0.39 is 0 Å². The molecule has 1 aliphatic rings. The second-order valence-corrected chi connectivity index (χ2v) is 5.56. The zero-order chi connectivity index (χ0) is 13.7. The third-order valence-electron chi connectivity index (χ3n) is 3.99. The number of nitrogens with one attached hydrogen (secondary N) is 1.